The molecule has 0 aliphatic heterocycles. The van der Waals surface area contributed by atoms with Crippen LogP contribution in [0.4, 0.5) is 5.69 Å². The number of hydrogen-bond donors (Lipinski definition) is 1. The topological polar surface area (TPSA) is 38.3 Å². The largest absolute Gasteiger partial charge is 0.481 e. The molecule has 2 aromatic carbocycles. The lowest BCUT2D eigenvalue weighted by Crippen LogP contribution is -2.32. The lowest BCUT2D eigenvalue weighted by Gasteiger charge is -2.20. The Morgan fingerprint density at radius 2 is 1.65 bits per heavy atom. The van der Waals surface area contributed by atoms with Crippen molar-refractivity contribution in [2.75, 3.05) is 5.32 Å². The van der Waals surface area contributed by atoms with Gasteiger partial charge in [-0.2, -0.15) is 0 Å². The third-order valence-corrected chi connectivity index (χ3v) is 4.05. The molecule has 0 saturated heterocycles. The first-order valence-electron chi connectivity index (χ1n) is 8.27. The molecule has 0 radical (unpaired) electrons. The molecular formula is C20H25NO2. The molecule has 3 nitrogen and oxygen atoms in total. The Morgan fingerprint density at radius 1 is 1.00 bits per heavy atom. The van der Waals surface area contributed by atoms with Crippen molar-refractivity contribution in [3.63, 3.8) is 0 Å². The fraction of sp³-hybridized carbons (Fsp3) is 0.350. The highest BCUT2D eigenvalue weighted by atomic mass is 16.5. The summed E-state index contributed by atoms with van der Waals surface area (Å²) in [5.41, 5.74) is 2.04. The molecule has 0 aliphatic rings. The van der Waals surface area contributed by atoms with Crippen LogP contribution in [-0.2, 0) is 4.79 Å². The van der Waals surface area contributed by atoms with Gasteiger partial charge in [-0.15, -0.1) is 0 Å². The highest BCUT2D eigenvalue weighted by Gasteiger charge is 2.20. The van der Waals surface area contributed by atoms with Crippen LogP contribution >= 0.6 is 0 Å². The van der Waals surface area contributed by atoms with E-state index in [-0.39, 0.29) is 5.91 Å². The molecule has 0 fully saturated rings. The molecule has 2 aromatic rings. The maximum Gasteiger partial charge on any atom is 0.265 e. The Labute approximate surface area is 138 Å². The Bertz CT molecular complexity index is 625. The lowest BCUT2D eigenvalue weighted by atomic mass is 9.97. The standard InChI is InChI=1S/C20H25NO2/c1-4-15(3)17-13-9-10-14-18(17)21-20(22)19(5-2)23-16-11-7-6-8-12-16/h6-15,19H,4-5H2,1-3H3,(H,21,22)/t15-,19-/m0/s1. The van der Waals surface area contributed by atoms with Crippen molar-refractivity contribution in [2.24, 2.45) is 0 Å². The number of para-hydroxylation sites is 2. The van der Waals surface area contributed by atoms with Gasteiger partial charge in [0.15, 0.2) is 6.10 Å². The molecule has 0 aromatic heterocycles. The maximum atomic E-state index is 12.6. The summed E-state index contributed by atoms with van der Waals surface area (Å²) in [6, 6.07) is 17.4. The van der Waals surface area contributed by atoms with E-state index in [9.17, 15) is 4.79 Å². The summed E-state index contributed by atoms with van der Waals surface area (Å²) in [6.45, 7) is 6.27. The number of anilines is 1. The summed E-state index contributed by atoms with van der Waals surface area (Å²) in [4.78, 5) is 12.6. The minimum Gasteiger partial charge on any atom is -0.481 e. The number of amides is 1. The minimum atomic E-state index is -0.498. The zero-order chi connectivity index (χ0) is 16.7. The molecule has 2 rings (SSSR count). The molecule has 0 saturated carbocycles. The Morgan fingerprint density at radius 3 is 2.30 bits per heavy atom. The molecule has 2 atom stereocenters. The van der Waals surface area contributed by atoms with Crippen LogP contribution in [0.15, 0.2) is 54.6 Å². The maximum absolute atomic E-state index is 12.6. The summed E-state index contributed by atoms with van der Waals surface area (Å²) < 4.78 is 5.81. The Hall–Kier alpha value is -2.29. The number of carbonyl (C=O) groups excluding carboxylic acids is 1. The first-order valence-corrected chi connectivity index (χ1v) is 8.27. The zero-order valence-electron chi connectivity index (χ0n) is 14.1. The van der Waals surface area contributed by atoms with Gasteiger partial charge in [-0.3, -0.25) is 4.79 Å². The van der Waals surface area contributed by atoms with Crippen molar-refractivity contribution in [2.45, 2.75) is 45.6 Å². The Balaban J connectivity index is 2.11. The van der Waals surface area contributed by atoms with Gasteiger partial charge in [0, 0.05) is 5.69 Å². The van der Waals surface area contributed by atoms with Gasteiger partial charge in [0.25, 0.3) is 5.91 Å². The van der Waals surface area contributed by atoms with Gasteiger partial charge in [-0.1, -0.05) is 57.2 Å². The van der Waals surface area contributed by atoms with Gasteiger partial charge in [-0.05, 0) is 42.5 Å². The van der Waals surface area contributed by atoms with E-state index in [4.69, 9.17) is 4.74 Å². The monoisotopic (exact) mass is 311 g/mol. The van der Waals surface area contributed by atoms with Gasteiger partial charge >= 0.3 is 0 Å². The van der Waals surface area contributed by atoms with Crippen LogP contribution in [0.2, 0.25) is 0 Å². The molecule has 1 amide bonds. The molecule has 3 heteroatoms. The van der Waals surface area contributed by atoms with E-state index in [0.717, 1.165) is 17.7 Å². The van der Waals surface area contributed by atoms with Crippen molar-refractivity contribution in [3.8, 4) is 5.75 Å². The lowest BCUT2D eigenvalue weighted by molar-refractivity contribution is -0.122. The number of ether oxygens (including phenoxy) is 1. The third-order valence-electron chi connectivity index (χ3n) is 4.05. The van der Waals surface area contributed by atoms with Crippen LogP contribution in [0.5, 0.6) is 5.75 Å². The molecule has 1 N–H and O–H groups in total. The van der Waals surface area contributed by atoms with Gasteiger partial charge in [-0.25, -0.2) is 0 Å². The highest BCUT2D eigenvalue weighted by molar-refractivity contribution is 5.95. The third kappa shape index (κ3) is 4.59. The zero-order valence-corrected chi connectivity index (χ0v) is 14.1. The molecule has 122 valence electrons. The highest BCUT2D eigenvalue weighted by Crippen LogP contribution is 2.27. The van der Waals surface area contributed by atoms with E-state index < -0.39 is 6.10 Å². The van der Waals surface area contributed by atoms with Crippen LogP contribution in [0.1, 0.15) is 45.1 Å². The number of benzene rings is 2. The summed E-state index contributed by atoms with van der Waals surface area (Å²) in [5, 5.41) is 3.03. The van der Waals surface area contributed by atoms with E-state index in [1.807, 2.05) is 55.5 Å². The molecule has 0 spiro atoms. The van der Waals surface area contributed by atoms with Gasteiger partial charge in [0.2, 0.25) is 0 Å². The minimum absolute atomic E-state index is 0.105. The molecule has 0 aliphatic carbocycles. The van der Waals surface area contributed by atoms with Gasteiger partial charge < -0.3 is 10.1 Å². The number of carbonyl (C=O) groups is 1. The quantitative estimate of drug-likeness (QED) is 0.781. The smallest absolute Gasteiger partial charge is 0.265 e. The van der Waals surface area contributed by atoms with E-state index in [1.54, 1.807) is 0 Å². The number of hydrogen-bond acceptors (Lipinski definition) is 2. The SMILES string of the molecule is CC[C@H](Oc1ccccc1)C(=O)Nc1ccccc1[C@@H](C)CC. The average molecular weight is 311 g/mol. The van der Waals surface area contributed by atoms with Gasteiger partial charge in [0.05, 0.1) is 0 Å². The van der Waals surface area contributed by atoms with Crippen molar-refractivity contribution in [1.82, 2.24) is 0 Å². The van der Waals surface area contributed by atoms with Crippen molar-refractivity contribution in [3.05, 3.63) is 60.2 Å². The van der Waals surface area contributed by atoms with Crippen molar-refractivity contribution in [1.29, 1.82) is 0 Å². The number of rotatable bonds is 7. The summed E-state index contributed by atoms with van der Waals surface area (Å²) >= 11 is 0. The fourth-order valence-corrected chi connectivity index (χ4v) is 2.46. The molecule has 0 heterocycles. The number of nitrogens with one attached hydrogen (secondary N) is 1. The van der Waals surface area contributed by atoms with Crippen molar-refractivity contribution < 1.29 is 9.53 Å². The Kier molecular flexibility index (Phi) is 6.21. The van der Waals surface area contributed by atoms with Crippen LogP contribution in [0, 0.1) is 0 Å². The summed E-state index contributed by atoms with van der Waals surface area (Å²) in [5.74, 6) is 1.01. The first-order chi connectivity index (χ1) is 11.2. The van der Waals surface area contributed by atoms with Crippen LogP contribution in [0.25, 0.3) is 0 Å². The molecule has 23 heavy (non-hydrogen) atoms. The average Bonchev–Trinajstić information content (AvgIpc) is 2.60. The van der Waals surface area contributed by atoms with Crippen LogP contribution in [-0.4, -0.2) is 12.0 Å². The second kappa shape index (κ2) is 8.37. The van der Waals surface area contributed by atoms with Crippen LogP contribution in [0.3, 0.4) is 0 Å². The van der Waals surface area contributed by atoms with Gasteiger partial charge in [0.1, 0.15) is 5.75 Å². The van der Waals surface area contributed by atoms with Crippen LogP contribution < -0.4 is 10.1 Å². The fourth-order valence-electron chi connectivity index (χ4n) is 2.46. The van der Waals surface area contributed by atoms with E-state index >= 15 is 0 Å². The summed E-state index contributed by atoms with van der Waals surface area (Å²) in [7, 11) is 0. The summed E-state index contributed by atoms with van der Waals surface area (Å²) in [6.07, 6.45) is 1.15. The van der Waals surface area contributed by atoms with E-state index in [2.05, 4.69) is 25.2 Å². The molecule has 0 unspecified atom stereocenters. The van der Waals surface area contributed by atoms with E-state index in [1.165, 1.54) is 0 Å². The molecular weight excluding hydrogens is 286 g/mol. The van der Waals surface area contributed by atoms with E-state index in [0.29, 0.717) is 18.1 Å². The molecule has 0 bridgehead atoms. The second-order valence-corrected chi connectivity index (χ2v) is 5.71. The predicted octanol–water partition coefficient (Wildman–Crippen LogP) is 5.00. The predicted molar refractivity (Wildman–Crippen MR) is 94.9 cm³/mol. The second-order valence-electron chi connectivity index (χ2n) is 5.71. The first kappa shape index (κ1) is 17.1. The van der Waals surface area contributed by atoms with Crippen molar-refractivity contribution >= 4 is 11.6 Å². The normalized spacial score (nSPS) is 13.2.